The van der Waals surface area contributed by atoms with Crippen molar-refractivity contribution in [2.45, 2.75) is 21.8 Å². The maximum absolute atomic E-state index is 13.3. The van der Waals surface area contributed by atoms with Gasteiger partial charge in [0.05, 0.1) is 0 Å². The first-order chi connectivity index (χ1) is 9.23. The molecule has 120 valence electrons. The molecule has 0 saturated heterocycles. The van der Waals surface area contributed by atoms with E-state index in [4.69, 9.17) is 0 Å². The van der Waals surface area contributed by atoms with Crippen LogP contribution in [0.15, 0.2) is 30.3 Å². The number of hydrogen-bond acceptors (Lipinski definition) is 0. The fraction of sp³-hybridized carbons (Fsp3) is 0.400. The third-order valence-electron chi connectivity index (χ3n) is 2.26. The Morgan fingerprint density at radius 1 is 0.571 bits per heavy atom. The van der Waals surface area contributed by atoms with Crippen molar-refractivity contribution in [1.29, 1.82) is 0 Å². The van der Waals surface area contributed by atoms with Crippen molar-refractivity contribution >= 4 is 19.0 Å². The van der Waals surface area contributed by atoms with Gasteiger partial charge in [0, 0.05) is 0 Å². The van der Waals surface area contributed by atoms with E-state index in [0.717, 1.165) is 18.2 Å². The van der Waals surface area contributed by atoms with Gasteiger partial charge in [0.2, 0.25) is 0 Å². The zero-order valence-corrected chi connectivity index (χ0v) is 11.5. The minimum absolute atomic E-state index is 0.416. The second-order valence-electron chi connectivity index (χ2n) is 3.75. The molecule has 1 aromatic carbocycles. The second kappa shape index (κ2) is 5.37. The molecular formula is C10H5AsF10. The molecule has 0 aromatic heterocycles. The molecule has 11 heteroatoms. The van der Waals surface area contributed by atoms with Gasteiger partial charge in [0.1, 0.15) is 0 Å². The van der Waals surface area contributed by atoms with Crippen molar-refractivity contribution < 1.29 is 43.9 Å². The van der Waals surface area contributed by atoms with Gasteiger partial charge < -0.3 is 0 Å². The Balaban J connectivity index is 3.54. The number of halogens is 10. The first kappa shape index (κ1) is 18.1. The van der Waals surface area contributed by atoms with Gasteiger partial charge in [0.25, 0.3) is 0 Å². The summed E-state index contributed by atoms with van der Waals surface area (Å²) in [6, 6.07) is 3.55. The van der Waals surface area contributed by atoms with E-state index in [-0.39, 0.29) is 0 Å². The summed E-state index contributed by atoms with van der Waals surface area (Å²) in [7, 11) is 0. The van der Waals surface area contributed by atoms with E-state index in [1.165, 1.54) is 0 Å². The molecule has 0 amide bonds. The predicted molar refractivity (Wildman–Crippen MR) is 53.8 cm³/mol. The molecule has 1 aromatic rings. The SMILES string of the molecule is FC(F)(F)C(F)(F)[As](c1ccccc1)C(F)(F)C(F)(F)F. The Bertz CT molecular complexity index is 449. The Labute approximate surface area is 116 Å². The third-order valence-corrected chi connectivity index (χ3v) is 7.39. The van der Waals surface area contributed by atoms with Gasteiger partial charge in [-0.1, -0.05) is 0 Å². The summed E-state index contributed by atoms with van der Waals surface area (Å²) in [5.41, 5.74) is 0. The van der Waals surface area contributed by atoms with Crippen molar-refractivity contribution in [2.24, 2.45) is 0 Å². The summed E-state index contributed by atoms with van der Waals surface area (Å²) in [6.45, 7) is 0. The molecule has 0 atom stereocenters. The molecule has 0 aliphatic heterocycles. The van der Waals surface area contributed by atoms with Gasteiger partial charge in [-0.3, -0.25) is 0 Å². The van der Waals surface area contributed by atoms with Gasteiger partial charge in [-0.15, -0.1) is 0 Å². The average Bonchev–Trinajstić information content (AvgIpc) is 2.26. The second-order valence-corrected chi connectivity index (χ2v) is 8.60. The summed E-state index contributed by atoms with van der Waals surface area (Å²) in [4.78, 5) is 0. The van der Waals surface area contributed by atoms with E-state index in [0.29, 0.717) is 12.1 Å². The molecule has 0 fully saturated rings. The normalized spacial score (nSPS) is 14.6. The Kier molecular flexibility index (Phi) is 4.63. The first-order valence-electron chi connectivity index (χ1n) is 4.97. The molecule has 0 spiro atoms. The molecule has 0 aliphatic carbocycles. The van der Waals surface area contributed by atoms with E-state index in [1.54, 1.807) is 0 Å². The monoisotopic (exact) mass is 390 g/mol. The molecule has 0 unspecified atom stereocenters. The van der Waals surface area contributed by atoms with Crippen LogP contribution < -0.4 is 4.35 Å². The molecule has 0 nitrogen and oxygen atoms in total. The molecule has 0 saturated carbocycles. The van der Waals surface area contributed by atoms with Gasteiger partial charge in [-0.05, 0) is 0 Å². The molecule has 0 heterocycles. The van der Waals surface area contributed by atoms with Crippen LogP contribution in [0.2, 0.25) is 0 Å². The van der Waals surface area contributed by atoms with Gasteiger partial charge in [0.15, 0.2) is 0 Å². The van der Waals surface area contributed by atoms with E-state index in [1.807, 2.05) is 0 Å². The molecule has 1 rings (SSSR count). The Morgan fingerprint density at radius 3 is 1.19 bits per heavy atom. The van der Waals surface area contributed by atoms with E-state index >= 15 is 0 Å². The first-order valence-corrected chi connectivity index (χ1v) is 7.79. The van der Waals surface area contributed by atoms with Crippen LogP contribution >= 0.6 is 0 Å². The minimum atomic E-state index is -6.50. The molecule has 0 radical (unpaired) electrons. The van der Waals surface area contributed by atoms with Crippen LogP contribution in [0.5, 0.6) is 0 Å². The third kappa shape index (κ3) is 3.30. The van der Waals surface area contributed by atoms with Crippen LogP contribution in [0.3, 0.4) is 0 Å². The predicted octanol–water partition coefficient (Wildman–Crippen LogP) is 3.86. The summed E-state index contributed by atoms with van der Waals surface area (Å²) >= 11 is -6.27. The quantitative estimate of drug-likeness (QED) is 0.544. The molecule has 21 heavy (non-hydrogen) atoms. The number of hydrogen-bond donors (Lipinski definition) is 0. The maximum atomic E-state index is 13.3. The van der Waals surface area contributed by atoms with Crippen molar-refractivity contribution in [3.8, 4) is 0 Å². The van der Waals surface area contributed by atoms with Gasteiger partial charge in [-0.2, -0.15) is 0 Å². The zero-order chi connectivity index (χ0) is 16.7. The summed E-state index contributed by atoms with van der Waals surface area (Å²) in [5.74, 6) is 0. The van der Waals surface area contributed by atoms with Crippen LogP contribution in [0.4, 0.5) is 43.9 Å². The molecule has 0 bridgehead atoms. The van der Waals surface area contributed by atoms with Gasteiger partial charge in [-0.25, -0.2) is 0 Å². The van der Waals surface area contributed by atoms with Crippen molar-refractivity contribution in [1.82, 2.24) is 0 Å². The number of benzene rings is 1. The Morgan fingerprint density at radius 2 is 0.905 bits per heavy atom. The summed E-state index contributed by atoms with van der Waals surface area (Å²) in [6.07, 6.45) is -13.0. The summed E-state index contributed by atoms with van der Waals surface area (Å²) < 4.78 is 113. The summed E-state index contributed by atoms with van der Waals surface area (Å²) in [5, 5.41) is 0. The van der Waals surface area contributed by atoms with Crippen LogP contribution in [0.1, 0.15) is 0 Å². The Hall–Kier alpha value is -0.922. The van der Waals surface area contributed by atoms with Crippen LogP contribution in [0.25, 0.3) is 0 Å². The van der Waals surface area contributed by atoms with Crippen molar-refractivity contribution in [3.05, 3.63) is 30.3 Å². The topological polar surface area (TPSA) is 0 Å². The van der Waals surface area contributed by atoms with Gasteiger partial charge >= 0.3 is 115 Å². The van der Waals surface area contributed by atoms with Crippen LogP contribution in [0, 0.1) is 0 Å². The van der Waals surface area contributed by atoms with Crippen LogP contribution in [-0.2, 0) is 0 Å². The van der Waals surface area contributed by atoms with Crippen LogP contribution in [-0.4, -0.2) is 36.4 Å². The molecular weight excluding hydrogens is 385 g/mol. The van der Waals surface area contributed by atoms with Crippen molar-refractivity contribution in [2.75, 3.05) is 0 Å². The fourth-order valence-electron chi connectivity index (χ4n) is 1.33. The van der Waals surface area contributed by atoms with E-state index in [9.17, 15) is 43.9 Å². The van der Waals surface area contributed by atoms with E-state index in [2.05, 4.69) is 0 Å². The molecule has 0 aliphatic rings. The van der Waals surface area contributed by atoms with Crippen molar-refractivity contribution in [3.63, 3.8) is 0 Å². The van der Waals surface area contributed by atoms with E-state index < -0.39 is 40.8 Å². The number of alkyl halides is 10. The molecule has 0 N–H and O–H groups in total. The number of rotatable bonds is 3. The zero-order valence-electron chi connectivity index (χ0n) is 9.61. The average molecular weight is 390 g/mol. The fourth-order valence-corrected chi connectivity index (χ4v) is 5.48. The standard InChI is InChI=1S/C10H5AsF10/c12-7(13,9(16,17)18)11(6-4-2-1-3-5-6)8(14,15)10(19,20)21/h1-5H.